The molecule has 1 aromatic heterocycles. The molecule has 0 radical (unpaired) electrons. The second-order valence-electron chi connectivity index (χ2n) is 3.93. The fourth-order valence-corrected chi connectivity index (χ4v) is 1.48. The number of carbonyl (C=O) groups is 1. The van der Waals surface area contributed by atoms with Gasteiger partial charge in [-0.2, -0.15) is 5.10 Å². The van der Waals surface area contributed by atoms with Gasteiger partial charge in [-0.3, -0.25) is 10.4 Å². The van der Waals surface area contributed by atoms with Gasteiger partial charge in [-0.25, -0.2) is 4.79 Å². The summed E-state index contributed by atoms with van der Waals surface area (Å²) in [5.41, 5.74) is 5.58. The molecule has 2 N–H and O–H groups in total. The van der Waals surface area contributed by atoms with Gasteiger partial charge in [0.2, 0.25) is 0 Å². The summed E-state index contributed by atoms with van der Waals surface area (Å²) in [6.45, 7) is 1.87. The van der Waals surface area contributed by atoms with Crippen LogP contribution in [0.3, 0.4) is 0 Å². The van der Waals surface area contributed by atoms with Crippen LogP contribution >= 0.6 is 0 Å². The van der Waals surface area contributed by atoms with Gasteiger partial charge in [-0.05, 0) is 37.3 Å². The minimum absolute atomic E-state index is 0.249. The van der Waals surface area contributed by atoms with E-state index < -0.39 is 5.97 Å². The molecule has 1 heterocycles. The standard InChI is InChI=1S/C14H13N3O2/c1-10(12-3-2-8-15-9-12)16-17-13-6-4-11(5-7-13)14(18)19/h2-9,17H,1H3,(H,18,19)/b16-10+. The molecular formula is C14H13N3O2. The second kappa shape index (κ2) is 5.77. The van der Waals surface area contributed by atoms with E-state index in [0.29, 0.717) is 0 Å². The average Bonchev–Trinajstić information content (AvgIpc) is 2.46. The molecular weight excluding hydrogens is 242 g/mol. The highest BCUT2D eigenvalue weighted by atomic mass is 16.4. The van der Waals surface area contributed by atoms with Gasteiger partial charge >= 0.3 is 5.97 Å². The van der Waals surface area contributed by atoms with Crippen LogP contribution in [-0.2, 0) is 0 Å². The first-order valence-corrected chi connectivity index (χ1v) is 5.71. The molecule has 0 atom stereocenters. The number of carboxylic acid groups (broad SMARTS) is 1. The number of aromatic nitrogens is 1. The zero-order valence-corrected chi connectivity index (χ0v) is 10.4. The van der Waals surface area contributed by atoms with E-state index in [2.05, 4.69) is 15.5 Å². The maximum atomic E-state index is 10.7. The Morgan fingerprint density at radius 2 is 1.95 bits per heavy atom. The number of benzene rings is 1. The molecule has 96 valence electrons. The van der Waals surface area contributed by atoms with Gasteiger partial charge < -0.3 is 5.11 Å². The van der Waals surface area contributed by atoms with Crippen molar-refractivity contribution in [1.82, 2.24) is 4.98 Å². The first-order valence-electron chi connectivity index (χ1n) is 5.71. The topological polar surface area (TPSA) is 74.6 Å². The van der Waals surface area contributed by atoms with E-state index in [-0.39, 0.29) is 5.56 Å². The molecule has 0 fully saturated rings. The highest BCUT2D eigenvalue weighted by Crippen LogP contribution is 2.10. The summed E-state index contributed by atoms with van der Waals surface area (Å²) in [5.74, 6) is -0.943. The molecule has 0 saturated heterocycles. The highest BCUT2D eigenvalue weighted by Gasteiger charge is 2.01. The van der Waals surface area contributed by atoms with Crippen LogP contribution in [-0.4, -0.2) is 21.8 Å². The number of nitrogens with zero attached hydrogens (tertiary/aromatic N) is 2. The Labute approximate surface area is 110 Å². The molecule has 0 bridgehead atoms. The normalized spacial score (nSPS) is 11.1. The van der Waals surface area contributed by atoms with Crippen molar-refractivity contribution >= 4 is 17.4 Å². The van der Waals surface area contributed by atoms with Crippen molar-refractivity contribution in [1.29, 1.82) is 0 Å². The van der Waals surface area contributed by atoms with Crippen LogP contribution in [0.4, 0.5) is 5.69 Å². The van der Waals surface area contributed by atoms with Gasteiger partial charge in [0.15, 0.2) is 0 Å². The second-order valence-corrected chi connectivity index (χ2v) is 3.93. The Morgan fingerprint density at radius 1 is 1.21 bits per heavy atom. The van der Waals surface area contributed by atoms with Crippen LogP contribution < -0.4 is 5.43 Å². The number of nitrogens with one attached hydrogen (secondary N) is 1. The van der Waals surface area contributed by atoms with Crippen molar-refractivity contribution in [3.63, 3.8) is 0 Å². The molecule has 0 unspecified atom stereocenters. The third-order valence-electron chi connectivity index (χ3n) is 2.56. The van der Waals surface area contributed by atoms with Crippen LogP contribution in [0.2, 0.25) is 0 Å². The first kappa shape index (κ1) is 12.8. The van der Waals surface area contributed by atoms with E-state index in [1.54, 1.807) is 24.5 Å². The van der Waals surface area contributed by atoms with Crippen molar-refractivity contribution in [2.45, 2.75) is 6.92 Å². The number of hydrazone groups is 1. The quantitative estimate of drug-likeness (QED) is 0.650. The number of aromatic carboxylic acids is 1. The van der Waals surface area contributed by atoms with E-state index in [1.165, 1.54) is 12.1 Å². The monoisotopic (exact) mass is 255 g/mol. The highest BCUT2D eigenvalue weighted by molar-refractivity contribution is 5.98. The van der Waals surface area contributed by atoms with Crippen molar-refractivity contribution < 1.29 is 9.90 Å². The summed E-state index contributed by atoms with van der Waals surface area (Å²) in [7, 11) is 0. The van der Waals surface area contributed by atoms with Crippen LogP contribution in [0.25, 0.3) is 0 Å². The summed E-state index contributed by atoms with van der Waals surface area (Å²) >= 11 is 0. The smallest absolute Gasteiger partial charge is 0.335 e. The average molecular weight is 255 g/mol. The van der Waals surface area contributed by atoms with E-state index in [0.717, 1.165) is 17.0 Å². The van der Waals surface area contributed by atoms with Gasteiger partial charge in [0.25, 0.3) is 0 Å². The van der Waals surface area contributed by atoms with Crippen LogP contribution in [0.5, 0.6) is 0 Å². The molecule has 0 aliphatic rings. The number of carboxylic acids is 1. The summed E-state index contributed by atoms with van der Waals surface area (Å²) in [6.07, 6.45) is 3.43. The van der Waals surface area contributed by atoms with Crippen LogP contribution in [0.1, 0.15) is 22.8 Å². The Kier molecular flexibility index (Phi) is 3.87. The Bertz CT molecular complexity index is 592. The molecule has 2 aromatic rings. The fourth-order valence-electron chi connectivity index (χ4n) is 1.48. The van der Waals surface area contributed by atoms with Gasteiger partial charge in [-0.1, -0.05) is 6.07 Å². The Balaban J connectivity index is 2.08. The summed E-state index contributed by atoms with van der Waals surface area (Å²) in [4.78, 5) is 14.7. The molecule has 1 aromatic carbocycles. The summed E-state index contributed by atoms with van der Waals surface area (Å²) in [6, 6.07) is 10.2. The lowest BCUT2D eigenvalue weighted by Crippen LogP contribution is -2.00. The summed E-state index contributed by atoms with van der Waals surface area (Å²) in [5, 5.41) is 13.0. The fraction of sp³-hybridized carbons (Fsp3) is 0.0714. The minimum atomic E-state index is -0.943. The summed E-state index contributed by atoms with van der Waals surface area (Å²) < 4.78 is 0. The molecule has 5 nitrogen and oxygen atoms in total. The predicted octanol–water partition coefficient (Wildman–Crippen LogP) is 2.62. The SMILES string of the molecule is C/C(=N\Nc1ccc(C(=O)O)cc1)c1cccnc1. The molecule has 0 aliphatic carbocycles. The number of rotatable bonds is 4. The molecule has 0 aliphatic heterocycles. The third kappa shape index (κ3) is 3.38. The molecule has 19 heavy (non-hydrogen) atoms. The van der Waals surface area contributed by atoms with Crippen LogP contribution in [0.15, 0.2) is 53.9 Å². The van der Waals surface area contributed by atoms with E-state index >= 15 is 0 Å². The molecule has 0 spiro atoms. The molecule has 5 heteroatoms. The largest absolute Gasteiger partial charge is 0.478 e. The van der Waals surface area contributed by atoms with E-state index in [1.807, 2.05) is 19.1 Å². The van der Waals surface area contributed by atoms with Gasteiger partial charge in [0.05, 0.1) is 17.0 Å². The van der Waals surface area contributed by atoms with E-state index in [9.17, 15) is 4.79 Å². The molecule has 2 rings (SSSR count). The first-order chi connectivity index (χ1) is 9.16. The maximum absolute atomic E-state index is 10.7. The predicted molar refractivity (Wildman–Crippen MR) is 73.5 cm³/mol. The van der Waals surface area contributed by atoms with Gasteiger partial charge in [0, 0.05) is 18.0 Å². The number of hydrogen-bond donors (Lipinski definition) is 2. The van der Waals surface area contributed by atoms with Crippen LogP contribution in [0, 0.1) is 0 Å². The lowest BCUT2D eigenvalue weighted by atomic mass is 10.2. The van der Waals surface area contributed by atoms with Gasteiger partial charge in [0.1, 0.15) is 0 Å². The van der Waals surface area contributed by atoms with Crippen molar-refractivity contribution in [2.24, 2.45) is 5.10 Å². The number of hydrogen-bond acceptors (Lipinski definition) is 4. The Morgan fingerprint density at radius 3 is 2.53 bits per heavy atom. The lowest BCUT2D eigenvalue weighted by Gasteiger charge is -2.03. The maximum Gasteiger partial charge on any atom is 0.335 e. The number of anilines is 1. The molecule has 0 saturated carbocycles. The Hall–Kier alpha value is -2.69. The zero-order chi connectivity index (χ0) is 13.7. The minimum Gasteiger partial charge on any atom is -0.478 e. The van der Waals surface area contributed by atoms with Gasteiger partial charge in [-0.15, -0.1) is 0 Å². The lowest BCUT2D eigenvalue weighted by molar-refractivity contribution is 0.0697. The number of pyridine rings is 1. The molecule has 0 amide bonds. The van der Waals surface area contributed by atoms with Crippen molar-refractivity contribution in [3.05, 3.63) is 59.9 Å². The third-order valence-corrected chi connectivity index (χ3v) is 2.56. The zero-order valence-electron chi connectivity index (χ0n) is 10.4. The van der Waals surface area contributed by atoms with Crippen molar-refractivity contribution in [3.8, 4) is 0 Å². The van der Waals surface area contributed by atoms with E-state index in [4.69, 9.17) is 5.11 Å². The van der Waals surface area contributed by atoms with Crippen molar-refractivity contribution in [2.75, 3.05) is 5.43 Å².